The van der Waals surface area contributed by atoms with Crippen molar-refractivity contribution < 1.29 is 23.8 Å². The van der Waals surface area contributed by atoms with Crippen molar-refractivity contribution in [3.8, 4) is 0 Å². The third-order valence-corrected chi connectivity index (χ3v) is 4.53. The van der Waals surface area contributed by atoms with Gasteiger partial charge in [-0.3, -0.25) is 9.59 Å². The molecular formula is C21H20FNO4. The molecule has 0 spiro atoms. The smallest absolute Gasteiger partial charge is 0.295 e. The maximum atomic E-state index is 14.5. The van der Waals surface area contributed by atoms with E-state index in [9.17, 15) is 19.1 Å². The molecule has 0 radical (unpaired) electrons. The zero-order chi connectivity index (χ0) is 19.4. The number of aliphatic hydroxyl groups is 1. The van der Waals surface area contributed by atoms with E-state index in [1.54, 1.807) is 36.4 Å². The van der Waals surface area contributed by atoms with Crippen LogP contribution >= 0.6 is 0 Å². The molecule has 1 aliphatic heterocycles. The standard InChI is InChI=1S/C21H20FNO4/c1-27-13-7-12-23-18(15-10-5-6-11-16(15)22)17(20(25)21(23)26)19(24)14-8-3-2-4-9-14/h2-6,8-11,18,24H,7,12-13H2,1H3/b19-17+. The van der Waals surface area contributed by atoms with Crippen LogP contribution < -0.4 is 0 Å². The highest BCUT2D eigenvalue weighted by Gasteiger charge is 2.46. The minimum Gasteiger partial charge on any atom is -0.507 e. The summed E-state index contributed by atoms with van der Waals surface area (Å²) in [6, 6.07) is 13.4. The molecule has 1 heterocycles. The molecule has 0 aromatic heterocycles. The highest BCUT2D eigenvalue weighted by atomic mass is 19.1. The van der Waals surface area contributed by atoms with Crippen LogP contribution in [0.25, 0.3) is 5.76 Å². The number of halogens is 1. The van der Waals surface area contributed by atoms with Crippen LogP contribution in [0.3, 0.4) is 0 Å². The predicted molar refractivity (Wildman–Crippen MR) is 98.3 cm³/mol. The molecule has 1 unspecified atom stereocenters. The van der Waals surface area contributed by atoms with Crippen LogP contribution in [0.1, 0.15) is 23.6 Å². The summed E-state index contributed by atoms with van der Waals surface area (Å²) in [5, 5.41) is 10.8. The normalized spacial score (nSPS) is 18.9. The zero-order valence-corrected chi connectivity index (χ0v) is 14.9. The first-order chi connectivity index (χ1) is 13.1. The Kier molecular flexibility index (Phi) is 5.66. The number of nitrogens with zero attached hydrogens (tertiary/aromatic N) is 1. The van der Waals surface area contributed by atoms with Crippen molar-refractivity contribution in [2.75, 3.05) is 20.3 Å². The molecule has 140 valence electrons. The van der Waals surface area contributed by atoms with Gasteiger partial charge in [0.15, 0.2) is 0 Å². The molecule has 1 fully saturated rings. The van der Waals surface area contributed by atoms with Crippen molar-refractivity contribution in [2.24, 2.45) is 0 Å². The summed E-state index contributed by atoms with van der Waals surface area (Å²) >= 11 is 0. The lowest BCUT2D eigenvalue weighted by Gasteiger charge is -2.25. The number of ether oxygens (including phenoxy) is 1. The van der Waals surface area contributed by atoms with Gasteiger partial charge < -0.3 is 14.7 Å². The summed E-state index contributed by atoms with van der Waals surface area (Å²) in [6.07, 6.45) is 0.486. The molecular weight excluding hydrogens is 349 g/mol. The number of methoxy groups -OCH3 is 1. The second-order valence-corrected chi connectivity index (χ2v) is 6.23. The summed E-state index contributed by atoms with van der Waals surface area (Å²) in [5.74, 6) is -2.42. The van der Waals surface area contributed by atoms with Gasteiger partial charge in [0.25, 0.3) is 11.7 Å². The lowest BCUT2D eigenvalue weighted by Crippen LogP contribution is -2.31. The predicted octanol–water partition coefficient (Wildman–Crippen LogP) is 3.28. The average Bonchev–Trinajstić information content (AvgIpc) is 2.93. The van der Waals surface area contributed by atoms with Crippen molar-refractivity contribution in [1.29, 1.82) is 0 Å². The van der Waals surface area contributed by atoms with Crippen molar-refractivity contribution in [2.45, 2.75) is 12.5 Å². The Bertz CT molecular complexity index is 879. The van der Waals surface area contributed by atoms with Crippen LogP contribution in [0.5, 0.6) is 0 Å². The molecule has 1 saturated heterocycles. The first kappa shape index (κ1) is 18.8. The second kappa shape index (κ2) is 8.14. The average molecular weight is 369 g/mol. The van der Waals surface area contributed by atoms with E-state index in [4.69, 9.17) is 4.74 Å². The largest absolute Gasteiger partial charge is 0.507 e. The molecule has 1 atom stereocenters. The van der Waals surface area contributed by atoms with Crippen molar-refractivity contribution in [3.63, 3.8) is 0 Å². The Labute approximate surface area is 156 Å². The maximum absolute atomic E-state index is 14.5. The molecule has 0 saturated carbocycles. The van der Waals surface area contributed by atoms with Gasteiger partial charge in [-0.25, -0.2) is 4.39 Å². The Morgan fingerprint density at radius 2 is 1.78 bits per heavy atom. The number of Topliss-reactive ketones (excluding diaryl/α,β-unsaturated/α-hetero) is 1. The summed E-state index contributed by atoms with van der Waals surface area (Å²) in [6.45, 7) is 0.606. The van der Waals surface area contributed by atoms with E-state index in [1.165, 1.54) is 30.2 Å². The van der Waals surface area contributed by atoms with E-state index < -0.39 is 23.5 Å². The van der Waals surface area contributed by atoms with E-state index >= 15 is 0 Å². The zero-order valence-electron chi connectivity index (χ0n) is 14.9. The van der Waals surface area contributed by atoms with E-state index in [2.05, 4.69) is 0 Å². The van der Waals surface area contributed by atoms with Gasteiger partial charge in [0.05, 0.1) is 11.6 Å². The second-order valence-electron chi connectivity index (χ2n) is 6.23. The third-order valence-electron chi connectivity index (χ3n) is 4.53. The van der Waals surface area contributed by atoms with E-state index in [0.717, 1.165) is 0 Å². The molecule has 6 heteroatoms. The fraction of sp³-hybridized carbons (Fsp3) is 0.238. The Morgan fingerprint density at radius 3 is 2.44 bits per heavy atom. The summed E-state index contributed by atoms with van der Waals surface area (Å²) in [4.78, 5) is 26.6. The first-order valence-electron chi connectivity index (χ1n) is 8.63. The van der Waals surface area contributed by atoms with Gasteiger partial charge in [-0.15, -0.1) is 0 Å². The van der Waals surface area contributed by atoms with Crippen LogP contribution in [0.2, 0.25) is 0 Å². The van der Waals surface area contributed by atoms with Gasteiger partial charge in [0.1, 0.15) is 11.6 Å². The maximum Gasteiger partial charge on any atom is 0.295 e. The molecule has 27 heavy (non-hydrogen) atoms. The topological polar surface area (TPSA) is 66.8 Å². The number of likely N-dealkylation sites (tertiary alicyclic amines) is 1. The van der Waals surface area contributed by atoms with Gasteiger partial charge in [-0.05, 0) is 12.5 Å². The van der Waals surface area contributed by atoms with Crippen LogP contribution in [0, 0.1) is 5.82 Å². The fourth-order valence-electron chi connectivity index (χ4n) is 3.26. The number of carbonyl (C=O) groups is 2. The van der Waals surface area contributed by atoms with Crippen LogP contribution in [0.15, 0.2) is 60.2 Å². The molecule has 1 amide bonds. The number of hydrogen-bond acceptors (Lipinski definition) is 4. The molecule has 1 N–H and O–H groups in total. The Morgan fingerprint density at radius 1 is 1.11 bits per heavy atom. The van der Waals surface area contributed by atoms with Crippen LogP contribution in [-0.4, -0.2) is 42.0 Å². The number of benzene rings is 2. The number of ketones is 1. The van der Waals surface area contributed by atoms with E-state index in [-0.39, 0.29) is 23.4 Å². The number of rotatable bonds is 6. The van der Waals surface area contributed by atoms with Crippen molar-refractivity contribution >= 4 is 17.4 Å². The fourth-order valence-corrected chi connectivity index (χ4v) is 3.26. The summed E-state index contributed by atoms with van der Waals surface area (Å²) < 4.78 is 19.5. The summed E-state index contributed by atoms with van der Waals surface area (Å²) in [7, 11) is 1.54. The van der Waals surface area contributed by atoms with E-state index in [1.807, 2.05) is 0 Å². The molecule has 1 aliphatic rings. The van der Waals surface area contributed by atoms with Crippen LogP contribution in [-0.2, 0) is 14.3 Å². The van der Waals surface area contributed by atoms with Crippen molar-refractivity contribution in [3.05, 3.63) is 77.1 Å². The quantitative estimate of drug-likeness (QED) is 0.367. The highest BCUT2D eigenvalue weighted by Crippen LogP contribution is 2.40. The monoisotopic (exact) mass is 369 g/mol. The lowest BCUT2D eigenvalue weighted by atomic mass is 9.95. The van der Waals surface area contributed by atoms with Gasteiger partial charge in [-0.1, -0.05) is 48.5 Å². The lowest BCUT2D eigenvalue weighted by molar-refractivity contribution is -0.140. The number of hydrogen-bond donors (Lipinski definition) is 1. The number of amides is 1. The van der Waals surface area contributed by atoms with Crippen molar-refractivity contribution in [1.82, 2.24) is 4.90 Å². The Balaban J connectivity index is 2.14. The van der Waals surface area contributed by atoms with E-state index in [0.29, 0.717) is 18.6 Å². The minimum absolute atomic E-state index is 0.103. The first-order valence-corrected chi connectivity index (χ1v) is 8.63. The molecule has 2 aromatic carbocycles. The molecule has 5 nitrogen and oxygen atoms in total. The third kappa shape index (κ3) is 3.61. The molecule has 0 bridgehead atoms. The number of aliphatic hydroxyl groups excluding tert-OH is 1. The van der Waals surface area contributed by atoms with Crippen LogP contribution in [0.4, 0.5) is 4.39 Å². The minimum atomic E-state index is -0.983. The number of carbonyl (C=O) groups excluding carboxylic acids is 2. The Hall–Kier alpha value is -2.99. The van der Waals surface area contributed by atoms with Gasteiger partial charge in [-0.2, -0.15) is 0 Å². The SMILES string of the molecule is COCCCN1C(=O)C(=O)/C(=C(/O)c2ccccc2)C1c1ccccc1F. The molecule has 2 aromatic rings. The molecule has 0 aliphatic carbocycles. The highest BCUT2D eigenvalue weighted by molar-refractivity contribution is 6.46. The summed E-state index contributed by atoms with van der Waals surface area (Å²) in [5.41, 5.74) is 0.467. The molecule has 3 rings (SSSR count). The van der Waals surface area contributed by atoms with Gasteiger partial charge >= 0.3 is 0 Å². The van der Waals surface area contributed by atoms with Gasteiger partial charge in [0, 0.05) is 31.4 Å². The van der Waals surface area contributed by atoms with Gasteiger partial charge in [0.2, 0.25) is 0 Å².